The lowest BCUT2D eigenvalue weighted by molar-refractivity contribution is -0.0441. The summed E-state index contributed by atoms with van der Waals surface area (Å²) >= 11 is 0. The van der Waals surface area contributed by atoms with Crippen LogP contribution in [0.15, 0.2) is 18.3 Å². The van der Waals surface area contributed by atoms with Gasteiger partial charge in [0.2, 0.25) is 5.88 Å². The lowest BCUT2D eigenvalue weighted by atomic mass is 9.94. The van der Waals surface area contributed by atoms with Gasteiger partial charge in [0.1, 0.15) is 11.9 Å². The van der Waals surface area contributed by atoms with Crippen molar-refractivity contribution in [1.29, 1.82) is 0 Å². The van der Waals surface area contributed by atoms with Crippen LogP contribution in [0, 0.1) is 0 Å². The highest BCUT2D eigenvalue weighted by atomic mass is 16.5. The summed E-state index contributed by atoms with van der Waals surface area (Å²) in [6.45, 7) is 6.76. The van der Waals surface area contributed by atoms with Crippen LogP contribution in [-0.2, 0) is 4.74 Å². The molecule has 0 saturated heterocycles. The van der Waals surface area contributed by atoms with Gasteiger partial charge in [0, 0.05) is 12.7 Å². The first-order chi connectivity index (χ1) is 9.69. The van der Waals surface area contributed by atoms with Crippen molar-refractivity contribution >= 4 is 0 Å². The van der Waals surface area contributed by atoms with Crippen LogP contribution in [0.4, 0.5) is 0 Å². The van der Waals surface area contributed by atoms with Crippen LogP contribution < -0.4 is 9.47 Å². The molecule has 1 heterocycles. The molecule has 1 aliphatic carbocycles. The van der Waals surface area contributed by atoms with E-state index in [9.17, 15) is 0 Å². The minimum Gasteiger partial charge on any atom is -0.489 e. The molecule has 2 rings (SSSR count). The van der Waals surface area contributed by atoms with Crippen molar-refractivity contribution in [3.8, 4) is 11.6 Å². The average Bonchev–Trinajstić information content (AvgIpc) is 2.43. The van der Waals surface area contributed by atoms with Gasteiger partial charge in [-0.15, -0.1) is 0 Å². The number of ether oxygens (including phenoxy) is 3. The van der Waals surface area contributed by atoms with Gasteiger partial charge in [-0.05, 0) is 46.1 Å². The summed E-state index contributed by atoms with van der Waals surface area (Å²) in [4.78, 5) is 4.32. The molecule has 0 bridgehead atoms. The highest BCUT2D eigenvalue weighted by molar-refractivity contribution is 5.23. The standard InChI is InChI=1S/C16H25NO3/c1-4-18-14-7-5-6-8-15(14)20-16-10-9-13(11-17-16)19-12(2)3/h9-12,14-15H,4-8H2,1-3H3/t14-,15+/m0/s1. The SMILES string of the molecule is CCO[C@H]1CCCC[C@H]1Oc1ccc(OC(C)C)cn1. The van der Waals surface area contributed by atoms with Crippen molar-refractivity contribution in [2.75, 3.05) is 6.61 Å². The first-order valence-electron chi connectivity index (χ1n) is 7.60. The summed E-state index contributed by atoms with van der Waals surface area (Å²) in [7, 11) is 0. The maximum Gasteiger partial charge on any atom is 0.213 e. The lowest BCUT2D eigenvalue weighted by Gasteiger charge is -2.31. The van der Waals surface area contributed by atoms with Crippen molar-refractivity contribution in [3.05, 3.63) is 18.3 Å². The normalized spacial score (nSPS) is 22.8. The molecular formula is C16H25NO3. The number of nitrogens with zero attached hydrogens (tertiary/aromatic N) is 1. The van der Waals surface area contributed by atoms with Crippen molar-refractivity contribution in [3.63, 3.8) is 0 Å². The van der Waals surface area contributed by atoms with Crippen LogP contribution in [-0.4, -0.2) is 29.9 Å². The van der Waals surface area contributed by atoms with E-state index in [1.165, 1.54) is 12.8 Å². The number of pyridine rings is 1. The summed E-state index contributed by atoms with van der Waals surface area (Å²) in [6.07, 6.45) is 6.72. The number of aromatic nitrogens is 1. The van der Waals surface area contributed by atoms with Crippen LogP contribution in [0.1, 0.15) is 46.5 Å². The molecule has 0 aliphatic heterocycles. The monoisotopic (exact) mass is 279 g/mol. The van der Waals surface area contributed by atoms with Gasteiger partial charge in [-0.25, -0.2) is 4.98 Å². The van der Waals surface area contributed by atoms with Crippen molar-refractivity contribution < 1.29 is 14.2 Å². The van der Waals surface area contributed by atoms with Crippen molar-refractivity contribution in [2.45, 2.75) is 64.8 Å². The Kier molecular flexibility index (Phi) is 5.65. The van der Waals surface area contributed by atoms with E-state index in [4.69, 9.17) is 14.2 Å². The molecule has 1 aliphatic rings. The quantitative estimate of drug-likeness (QED) is 0.798. The Morgan fingerprint density at radius 2 is 1.95 bits per heavy atom. The van der Waals surface area contributed by atoms with Gasteiger partial charge >= 0.3 is 0 Å². The molecule has 2 atom stereocenters. The lowest BCUT2D eigenvalue weighted by Crippen LogP contribution is -2.37. The highest BCUT2D eigenvalue weighted by Crippen LogP contribution is 2.26. The van der Waals surface area contributed by atoms with Gasteiger partial charge < -0.3 is 14.2 Å². The first-order valence-corrected chi connectivity index (χ1v) is 7.60. The topological polar surface area (TPSA) is 40.6 Å². The number of hydrogen-bond donors (Lipinski definition) is 0. The molecule has 0 aromatic carbocycles. The van der Waals surface area contributed by atoms with Gasteiger partial charge in [-0.3, -0.25) is 0 Å². The largest absolute Gasteiger partial charge is 0.489 e. The molecule has 0 N–H and O–H groups in total. The fourth-order valence-corrected chi connectivity index (χ4v) is 2.54. The highest BCUT2D eigenvalue weighted by Gasteiger charge is 2.27. The fourth-order valence-electron chi connectivity index (χ4n) is 2.54. The van der Waals surface area contributed by atoms with Gasteiger partial charge in [0.15, 0.2) is 0 Å². The van der Waals surface area contributed by atoms with E-state index in [-0.39, 0.29) is 18.3 Å². The van der Waals surface area contributed by atoms with Crippen molar-refractivity contribution in [1.82, 2.24) is 4.98 Å². The zero-order valence-electron chi connectivity index (χ0n) is 12.7. The third kappa shape index (κ3) is 4.37. The van der Waals surface area contributed by atoms with Crippen molar-refractivity contribution in [2.24, 2.45) is 0 Å². The number of hydrogen-bond acceptors (Lipinski definition) is 4. The molecule has 1 aromatic heterocycles. The Bertz CT molecular complexity index is 389. The Hall–Kier alpha value is -1.29. The van der Waals surface area contributed by atoms with Crippen LogP contribution >= 0.6 is 0 Å². The Balaban J connectivity index is 1.94. The minimum absolute atomic E-state index is 0.119. The molecule has 0 radical (unpaired) electrons. The Morgan fingerprint density at radius 1 is 1.20 bits per heavy atom. The van der Waals surface area contributed by atoms with E-state index < -0.39 is 0 Å². The molecule has 1 aromatic rings. The van der Waals surface area contributed by atoms with Gasteiger partial charge in [0.05, 0.1) is 18.4 Å². The Morgan fingerprint density at radius 3 is 2.55 bits per heavy atom. The third-order valence-electron chi connectivity index (χ3n) is 3.38. The third-order valence-corrected chi connectivity index (χ3v) is 3.38. The van der Waals surface area contributed by atoms with Crippen LogP contribution in [0.2, 0.25) is 0 Å². The van der Waals surface area contributed by atoms with Crippen LogP contribution in [0.25, 0.3) is 0 Å². The maximum absolute atomic E-state index is 5.99. The summed E-state index contributed by atoms with van der Waals surface area (Å²) in [5.41, 5.74) is 0. The summed E-state index contributed by atoms with van der Waals surface area (Å²) in [5.74, 6) is 1.43. The molecule has 4 heteroatoms. The molecule has 0 amide bonds. The summed E-state index contributed by atoms with van der Waals surface area (Å²) in [6, 6.07) is 3.77. The molecule has 4 nitrogen and oxygen atoms in total. The van der Waals surface area contributed by atoms with E-state index >= 15 is 0 Å². The smallest absolute Gasteiger partial charge is 0.213 e. The molecule has 0 unspecified atom stereocenters. The van der Waals surface area contributed by atoms with E-state index in [1.54, 1.807) is 6.20 Å². The summed E-state index contributed by atoms with van der Waals surface area (Å²) < 4.78 is 17.3. The van der Waals surface area contributed by atoms with Gasteiger partial charge in [0.25, 0.3) is 0 Å². The Labute approximate surface area is 121 Å². The second-order valence-corrected chi connectivity index (χ2v) is 5.43. The predicted molar refractivity (Wildman–Crippen MR) is 78.3 cm³/mol. The maximum atomic E-state index is 5.99. The zero-order chi connectivity index (χ0) is 14.4. The second kappa shape index (κ2) is 7.48. The number of rotatable bonds is 6. The van der Waals surface area contributed by atoms with Gasteiger partial charge in [-0.2, -0.15) is 0 Å². The summed E-state index contributed by atoms with van der Waals surface area (Å²) in [5, 5.41) is 0. The second-order valence-electron chi connectivity index (χ2n) is 5.43. The van der Waals surface area contributed by atoms with E-state index in [0.29, 0.717) is 5.88 Å². The van der Waals surface area contributed by atoms with E-state index in [1.807, 2.05) is 32.9 Å². The van der Waals surface area contributed by atoms with Crippen LogP contribution in [0.3, 0.4) is 0 Å². The molecule has 1 fully saturated rings. The molecule has 112 valence electrons. The molecular weight excluding hydrogens is 254 g/mol. The van der Waals surface area contributed by atoms with E-state index in [0.717, 1.165) is 25.2 Å². The molecule has 1 saturated carbocycles. The van der Waals surface area contributed by atoms with Gasteiger partial charge in [-0.1, -0.05) is 6.42 Å². The zero-order valence-corrected chi connectivity index (χ0v) is 12.7. The minimum atomic E-state index is 0.119. The van der Waals surface area contributed by atoms with E-state index in [2.05, 4.69) is 4.98 Å². The first kappa shape index (κ1) is 15.1. The predicted octanol–water partition coefficient (Wildman–Crippen LogP) is 3.60. The van der Waals surface area contributed by atoms with Crippen LogP contribution in [0.5, 0.6) is 11.6 Å². The fraction of sp³-hybridized carbons (Fsp3) is 0.688. The molecule has 20 heavy (non-hydrogen) atoms. The average molecular weight is 279 g/mol. The molecule has 0 spiro atoms.